The Kier molecular flexibility index (Phi) is 6.13. The van der Waals surface area contributed by atoms with Gasteiger partial charge >= 0.3 is 0 Å². The molecule has 0 amide bonds. The summed E-state index contributed by atoms with van der Waals surface area (Å²) in [6, 6.07) is 0. The fourth-order valence-corrected chi connectivity index (χ4v) is 6.24. The summed E-state index contributed by atoms with van der Waals surface area (Å²) in [6.07, 6.45) is 10.2. The van der Waals surface area contributed by atoms with E-state index >= 15 is 0 Å². The first-order valence-electron chi connectivity index (χ1n) is 12.0. The van der Waals surface area contributed by atoms with Crippen LogP contribution in [0.3, 0.4) is 0 Å². The summed E-state index contributed by atoms with van der Waals surface area (Å²) in [6.45, 7) is 9.86. The molecule has 5 fully saturated rings. The molecule has 0 unspecified atom stereocenters. The number of hydrogen-bond acceptors (Lipinski definition) is 7. The highest BCUT2D eigenvalue weighted by Gasteiger charge is 2.69. The number of aryl methyl sites for hydroxylation is 1. The van der Waals surface area contributed by atoms with Crippen molar-refractivity contribution in [1.82, 2.24) is 14.9 Å². The van der Waals surface area contributed by atoms with E-state index in [4.69, 9.17) is 24.0 Å². The number of nitrogens with zero attached hydrogens (tertiary/aromatic N) is 2. The molecule has 1 N–H and O–H groups in total. The lowest BCUT2D eigenvalue weighted by Gasteiger charge is -2.60. The van der Waals surface area contributed by atoms with Crippen LogP contribution < -0.4 is 5.32 Å². The lowest BCUT2D eigenvalue weighted by atomic mass is 9.58. The monoisotopic (exact) mass is 435 g/mol. The maximum absolute atomic E-state index is 6.45. The highest BCUT2D eigenvalue weighted by molar-refractivity contribution is 5.09. The van der Waals surface area contributed by atoms with Gasteiger partial charge in [-0.1, -0.05) is 13.8 Å². The van der Waals surface area contributed by atoms with Gasteiger partial charge in [0.15, 0.2) is 18.2 Å². The van der Waals surface area contributed by atoms with Gasteiger partial charge in [0.25, 0.3) is 0 Å². The first-order valence-corrected chi connectivity index (χ1v) is 12.0. The number of ether oxygens (including phenoxy) is 3. The number of hydrogen-bond donors (Lipinski definition) is 1. The van der Waals surface area contributed by atoms with E-state index in [0.717, 1.165) is 45.3 Å². The second kappa shape index (κ2) is 8.72. The molecule has 0 radical (unpaired) electrons. The molecule has 8 nitrogen and oxygen atoms in total. The molecule has 1 saturated carbocycles. The minimum absolute atomic E-state index is 0.224. The molecule has 5 heterocycles. The van der Waals surface area contributed by atoms with Gasteiger partial charge in [0.05, 0.1) is 12.9 Å². The molecule has 174 valence electrons. The second-order valence-corrected chi connectivity index (χ2v) is 10.0. The van der Waals surface area contributed by atoms with E-state index in [1.165, 1.54) is 6.42 Å². The predicted molar refractivity (Wildman–Crippen MR) is 112 cm³/mol. The van der Waals surface area contributed by atoms with Gasteiger partial charge < -0.3 is 24.1 Å². The summed E-state index contributed by atoms with van der Waals surface area (Å²) in [7, 11) is 0. The molecule has 5 aliphatic rings. The third-order valence-electron chi connectivity index (χ3n) is 7.99. The number of nitrogens with one attached hydrogen (secondary N) is 1. The van der Waals surface area contributed by atoms with Crippen molar-refractivity contribution in [3.8, 4) is 0 Å². The minimum Gasteiger partial charge on any atom is -0.351 e. The Balaban J connectivity index is 1.16. The SMILES string of the molecule is C[C@H]1[C@@H](OCCNCCCn2ccnc2)O[C@@H]2O[C@@]3(C)CC[C@H]4[C@H](C)CC[C@@H]1[C@@]24OO3. The fourth-order valence-electron chi connectivity index (χ4n) is 6.24. The summed E-state index contributed by atoms with van der Waals surface area (Å²) in [5.74, 6) is 0.761. The Morgan fingerprint density at radius 2 is 2.06 bits per heavy atom. The molecule has 4 saturated heterocycles. The van der Waals surface area contributed by atoms with Crippen LogP contribution in [0.5, 0.6) is 0 Å². The van der Waals surface area contributed by atoms with E-state index in [1.54, 1.807) is 0 Å². The van der Waals surface area contributed by atoms with E-state index in [1.807, 2.05) is 25.6 Å². The third-order valence-corrected chi connectivity index (χ3v) is 7.99. The molecular formula is C23H37N3O5. The summed E-state index contributed by atoms with van der Waals surface area (Å²) >= 11 is 0. The molecule has 1 aliphatic carbocycles. The molecule has 8 atom stereocenters. The molecule has 0 aromatic carbocycles. The van der Waals surface area contributed by atoms with Gasteiger partial charge in [0.1, 0.15) is 0 Å². The second-order valence-electron chi connectivity index (χ2n) is 10.0. The number of fused-ring (bicyclic) bond motifs is 2. The number of rotatable bonds is 8. The van der Waals surface area contributed by atoms with Gasteiger partial charge in [-0.15, -0.1) is 0 Å². The van der Waals surface area contributed by atoms with E-state index in [9.17, 15) is 0 Å². The van der Waals surface area contributed by atoms with Gasteiger partial charge in [-0.3, -0.25) is 0 Å². The van der Waals surface area contributed by atoms with Crippen molar-refractivity contribution in [2.24, 2.45) is 23.7 Å². The molecule has 8 heteroatoms. The molecule has 1 aromatic heterocycles. The van der Waals surface area contributed by atoms with Crippen molar-refractivity contribution >= 4 is 0 Å². The van der Waals surface area contributed by atoms with Crippen LogP contribution in [0.2, 0.25) is 0 Å². The van der Waals surface area contributed by atoms with Crippen molar-refractivity contribution in [3.05, 3.63) is 18.7 Å². The largest absolute Gasteiger partial charge is 0.351 e. The normalized spacial score (nSPS) is 44.1. The molecule has 2 bridgehead atoms. The molecular weight excluding hydrogens is 398 g/mol. The Labute approximate surface area is 184 Å². The third kappa shape index (κ3) is 3.96. The van der Waals surface area contributed by atoms with Crippen LogP contribution in [0.1, 0.15) is 52.9 Å². The highest BCUT2D eigenvalue weighted by Crippen LogP contribution is 2.60. The zero-order valence-corrected chi connectivity index (χ0v) is 19.0. The van der Waals surface area contributed by atoms with Crippen molar-refractivity contribution in [1.29, 1.82) is 0 Å². The van der Waals surface area contributed by atoms with Crippen LogP contribution >= 0.6 is 0 Å². The topological polar surface area (TPSA) is 76.0 Å². The molecule has 31 heavy (non-hydrogen) atoms. The van der Waals surface area contributed by atoms with Crippen molar-refractivity contribution in [3.63, 3.8) is 0 Å². The molecule has 6 rings (SSSR count). The Morgan fingerprint density at radius 1 is 1.16 bits per heavy atom. The van der Waals surface area contributed by atoms with Crippen LogP contribution in [0.4, 0.5) is 0 Å². The molecule has 1 aromatic rings. The molecule has 1 spiro atoms. The van der Waals surface area contributed by atoms with E-state index in [-0.39, 0.29) is 12.2 Å². The van der Waals surface area contributed by atoms with Crippen LogP contribution in [-0.4, -0.2) is 53.2 Å². The van der Waals surface area contributed by atoms with Gasteiger partial charge in [-0.2, -0.15) is 0 Å². The van der Waals surface area contributed by atoms with Crippen LogP contribution in [0.25, 0.3) is 0 Å². The zero-order chi connectivity index (χ0) is 21.5. The first-order chi connectivity index (χ1) is 15.0. The van der Waals surface area contributed by atoms with Crippen molar-refractivity contribution in [2.45, 2.75) is 83.4 Å². The van der Waals surface area contributed by atoms with Gasteiger partial charge in [-0.05, 0) is 51.0 Å². The van der Waals surface area contributed by atoms with Gasteiger partial charge in [0, 0.05) is 43.7 Å². The summed E-state index contributed by atoms with van der Waals surface area (Å²) in [4.78, 5) is 16.1. The van der Waals surface area contributed by atoms with E-state index < -0.39 is 17.7 Å². The molecule has 4 aliphatic heterocycles. The lowest BCUT2D eigenvalue weighted by molar-refractivity contribution is -0.577. The fraction of sp³-hybridized carbons (Fsp3) is 0.870. The maximum atomic E-state index is 6.45. The average molecular weight is 436 g/mol. The first kappa shape index (κ1) is 21.8. The Bertz CT molecular complexity index is 733. The average Bonchev–Trinajstić information content (AvgIpc) is 3.17. The van der Waals surface area contributed by atoms with Gasteiger partial charge in [-0.25, -0.2) is 14.8 Å². The van der Waals surface area contributed by atoms with Crippen LogP contribution in [0.15, 0.2) is 18.7 Å². The predicted octanol–water partition coefficient (Wildman–Crippen LogP) is 3.09. The minimum atomic E-state index is -0.737. The zero-order valence-electron chi connectivity index (χ0n) is 19.0. The number of imidazole rings is 1. The standard InChI is InChI=1S/C23H37N3O5/c1-16-5-6-19-17(2)20(27-14-11-24-9-4-12-26-13-10-25-15-26)28-21-23(19)18(16)7-8-22(3,29-21)30-31-23/h10,13,15-21,24H,4-9,11-12,14H2,1-3H3/t16-,17-,18+,19+,20+,21-,22-,23-/m1/s1. The number of aromatic nitrogens is 2. The van der Waals surface area contributed by atoms with Gasteiger partial charge in [0.2, 0.25) is 5.79 Å². The van der Waals surface area contributed by atoms with E-state index in [0.29, 0.717) is 24.4 Å². The summed E-state index contributed by atoms with van der Waals surface area (Å²) < 4.78 is 21.1. The Hall–Kier alpha value is -1.03. The lowest BCUT2D eigenvalue weighted by Crippen LogP contribution is -2.70. The van der Waals surface area contributed by atoms with Crippen LogP contribution in [-0.2, 0) is 30.5 Å². The summed E-state index contributed by atoms with van der Waals surface area (Å²) in [5, 5.41) is 3.46. The van der Waals surface area contributed by atoms with Crippen molar-refractivity contribution in [2.75, 3.05) is 19.7 Å². The quantitative estimate of drug-likeness (QED) is 0.497. The van der Waals surface area contributed by atoms with Crippen molar-refractivity contribution < 1.29 is 24.0 Å². The Morgan fingerprint density at radius 3 is 2.90 bits per heavy atom. The van der Waals surface area contributed by atoms with Crippen LogP contribution in [0, 0.1) is 23.7 Å². The van der Waals surface area contributed by atoms with E-state index in [2.05, 4.69) is 28.7 Å². The summed E-state index contributed by atoms with van der Waals surface area (Å²) in [5.41, 5.74) is -0.515. The highest BCUT2D eigenvalue weighted by atomic mass is 17.3. The maximum Gasteiger partial charge on any atom is 0.201 e. The smallest absolute Gasteiger partial charge is 0.201 e.